The van der Waals surface area contributed by atoms with Crippen LogP contribution in [0, 0.1) is 0 Å². The lowest BCUT2D eigenvalue weighted by atomic mass is 9.94. The fourth-order valence-corrected chi connectivity index (χ4v) is 4.94. The van der Waals surface area contributed by atoms with Crippen LogP contribution in [0.4, 0.5) is 0 Å². The van der Waals surface area contributed by atoms with E-state index in [-0.39, 0.29) is 30.2 Å². The maximum absolute atomic E-state index is 13.0. The van der Waals surface area contributed by atoms with Crippen LogP contribution in [0.3, 0.4) is 0 Å². The number of carbonyl (C=O) groups excluding carboxylic acids is 3. The lowest BCUT2D eigenvalue weighted by Crippen LogP contribution is -2.52. The molecule has 1 saturated heterocycles. The van der Waals surface area contributed by atoms with Gasteiger partial charge >= 0.3 is 0 Å². The number of carbonyl (C=O) groups is 3. The van der Waals surface area contributed by atoms with E-state index in [1.54, 1.807) is 4.90 Å². The number of benzene rings is 2. The molecule has 0 radical (unpaired) electrons. The zero-order valence-corrected chi connectivity index (χ0v) is 17.3. The predicted octanol–water partition coefficient (Wildman–Crippen LogP) is 1.42. The molecule has 0 aromatic heterocycles. The molecule has 2 atom stereocenters. The van der Waals surface area contributed by atoms with E-state index in [1.165, 1.54) is 11.1 Å². The normalized spacial score (nSPS) is 22.8. The highest BCUT2D eigenvalue weighted by Crippen LogP contribution is 2.30. The van der Waals surface area contributed by atoms with Crippen LogP contribution in [0.15, 0.2) is 42.5 Å². The molecule has 3 aliphatic rings. The molecule has 2 aromatic carbocycles. The molecule has 7 heteroatoms. The molecule has 0 saturated carbocycles. The fourth-order valence-electron chi connectivity index (χ4n) is 4.94. The fraction of sp³-hybridized carbons (Fsp3) is 0.375. The van der Waals surface area contributed by atoms with E-state index >= 15 is 0 Å². The average molecular weight is 418 g/mol. The number of hydrogen-bond donors (Lipinski definition) is 3. The van der Waals surface area contributed by atoms with E-state index in [9.17, 15) is 14.4 Å². The van der Waals surface area contributed by atoms with Gasteiger partial charge in [-0.3, -0.25) is 19.7 Å². The largest absolute Gasteiger partial charge is 0.322 e. The van der Waals surface area contributed by atoms with Crippen LogP contribution in [0.25, 0.3) is 0 Å². The van der Waals surface area contributed by atoms with Gasteiger partial charge in [0.1, 0.15) is 6.04 Å². The summed E-state index contributed by atoms with van der Waals surface area (Å²) in [6, 6.07) is 14.0. The van der Waals surface area contributed by atoms with E-state index in [0.29, 0.717) is 25.1 Å². The second-order valence-corrected chi connectivity index (χ2v) is 8.43. The van der Waals surface area contributed by atoms with Crippen molar-refractivity contribution in [1.29, 1.82) is 0 Å². The summed E-state index contributed by atoms with van der Waals surface area (Å²) in [6.07, 6.45) is 1.70. The van der Waals surface area contributed by atoms with Crippen molar-refractivity contribution in [3.63, 3.8) is 0 Å². The Bertz CT molecular complexity index is 1050. The van der Waals surface area contributed by atoms with Gasteiger partial charge in [-0.25, -0.2) is 0 Å². The summed E-state index contributed by atoms with van der Waals surface area (Å²) in [5, 5.41) is 9.49. The second kappa shape index (κ2) is 8.24. The first-order chi connectivity index (χ1) is 15.1. The maximum Gasteiger partial charge on any atom is 0.255 e. The monoisotopic (exact) mass is 418 g/mol. The molecule has 31 heavy (non-hydrogen) atoms. The number of piperidine rings is 1. The van der Waals surface area contributed by atoms with E-state index in [2.05, 4.69) is 40.2 Å². The molecule has 3 heterocycles. The summed E-state index contributed by atoms with van der Waals surface area (Å²) in [5.41, 5.74) is 5.45. The number of amides is 3. The number of rotatable bonds is 5. The van der Waals surface area contributed by atoms with Gasteiger partial charge in [0.15, 0.2) is 0 Å². The summed E-state index contributed by atoms with van der Waals surface area (Å²) in [5.74, 6) is -0.776. The third kappa shape index (κ3) is 3.75. The Kier molecular flexibility index (Phi) is 5.29. The molecule has 0 spiro atoms. The SMILES string of the molecule is O=C1CCC(N2Cc3c(CNCC4NCCc5ccccc54)cccc3C2=O)C(=O)N1. The van der Waals surface area contributed by atoms with Crippen molar-refractivity contribution < 1.29 is 14.4 Å². The van der Waals surface area contributed by atoms with Crippen LogP contribution in [0.1, 0.15) is 51.5 Å². The van der Waals surface area contributed by atoms with Crippen molar-refractivity contribution in [2.24, 2.45) is 0 Å². The number of hydrogen-bond acceptors (Lipinski definition) is 5. The summed E-state index contributed by atoms with van der Waals surface area (Å²) in [7, 11) is 0. The quantitative estimate of drug-likeness (QED) is 0.639. The average Bonchev–Trinajstić information content (AvgIpc) is 3.11. The van der Waals surface area contributed by atoms with Gasteiger partial charge in [-0.15, -0.1) is 0 Å². The zero-order chi connectivity index (χ0) is 21.4. The van der Waals surface area contributed by atoms with Gasteiger partial charge in [-0.1, -0.05) is 36.4 Å². The summed E-state index contributed by atoms with van der Waals surface area (Å²) in [6.45, 7) is 2.83. The van der Waals surface area contributed by atoms with Crippen LogP contribution in [0.5, 0.6) is 0 Å². The minimum Gasteiger partial charge on any atom is -0.322 e. The lowest BCUT2D eigenvalue weighted by molar-refractivity contribution is -0.136. The van der Waals surface area contributed by atoms with Gasteiger partial charge < -0.3 is 15.5 Å². The Balaban J connectivity index is 1.27. The maximum atomic E-state index is 13.0. The van der Waals surface area contributed by atoms with Gasteiger partial charge in [-0.05, 0) is 47.7 Å². The Labute approximate surface area is 181 Å². The van der Waals surface area contributed by atoms with Gasteiger partial charge in [0.25, 0.3) is 5.91 Å². The molecule has 2 aromatic rings. The third-order valence-corrected chi connectivity index (χ3v) is 6.56. The molecule has 3 N–H and O–H groups in total. The van der Waals surface area contributed by atoms with Crippen LogP contribution in [-0.4, -0.2) is 41.8 Å². The standard InChI is InChI=1S/C24H26N4O3/c29-22-9-8-21(23(30)27-22)28-14-19-16(5-3-7-18(19)24(28)31)12-25-13-20-17-6-2-1-4-15(17)10-11-26-20/h1-7,20-21,25-26H,8-14H2,(H,27,29,30). The molecule has 0 aliphatic carbocycles. The van der Waals surface area contributed by atoms with Crippen molar-refractivity contribution in [1.82, 2.24) is 20.9 Å². The van der Waals surface area contributed by atoms with E-state index in [1.807, 2.05) is 18.2 Å². The van der Waals surface area contributed by atoms with Crippen LogP contribution in [-0.2, 0) is 29.1 Å². The highest BCUT2D eigenvalue weighted by atomic mass is 16.2. The van der Waals surface area contributed by atoms with Gasteiger partial charge in [0.05, 0.1) is 0 Å². The molecule has 5 rings (SSSR count). The van der Waals surface area contributed by atoms with Crippen molar-refractivity contribution >= 4 is 17.7 Å². The smallest absolute Gasteiger partial charge is 0.255 e. The topological polar surface area (TPSA) is 90.5 Å². The van der Waals surface area contributed by atoms with E-state index < -0.39 is 6.04 Å². The molecule has 160 valence electrons. The molecular formula is C24H26N4O3. The first-order valence-electron chi connectivity index (χ1n) is 10.9. The van der Waals surface area contributed by atoms with Gasteiger partial charge in [-0.2, -0.15) is 0 Å². The third-order valence-electron chi connectivity index (χ3n) is 6.56. The van der Waals surface area contributed by atoms with Crippen molar-refractivity contribution in [3.05, 3.63) is 70.3 Å². The lowest BCUT2D eigenvalue weighted by Gasteiger charge is -2.29. The van der Waals surface area contributed by atoms with E-state index in [4.69, 9.17) is 0 Å². The van der Waals surface area contributed by atoms with Gasteiger partial charge in [0.2, 0.25) is 11.8 Å². The Morgan fingerprint density at radius 3 is 2.77 bits per heavy atom. The van der Waals surface area contributed by atoms with Crippen LogP contribution >= 0.6 is 0 Å². The first-order valence-corrected chi connectivity index (χ1v) is 10.9. The second-order valence-electron chi connectivity index (χ2n) is 8.43. The van der Waals surface area contributed by atoms with E-state index in [0.717, 1.165) is 30.6 Å². The Morgan fingerprint density at radius 2 is 1.90 bits per heavy atom. The van der Waals surface area contributed by atoms with Crippen molar-refractivity contribution in [3.8, 4) is 0 Å². The zero-order valence-electron chi connectivity index (χ0n) is 17.3. The number of nitrogens with one attached hydrogen (secondary N) is 3. The van der Waals surface area contributed by atoms with Crippen LogP contribution in [0.2, 0.25) is 0 Å². The molecular weight excluding hydrogens is 392 g/mol. The Hall–Kier alpha value is -3.03. The minimum absolute atomic E-state index is 0.130. The van der Waals surface area contributed by atoms with Crippen molar-refractivity contribution in [2.45, 2.75) is 44.4 Å². The number of imide groups is 1. The Morgan fingerprint density at radius 1 is 1.03 bits per heavy atom. The molecule has 3 amide bonds. The van der Waals surface area contributed by atoms with Crippen molar-refractivity contribution in [2.75, 3.05) is 13.1 Å². The predicted molar refractivity (Wildman–Crippen MR) is 115 cm³/mol. The van der Waals surface area contributed by atoms with Crippen LogP contribution < -0.4 is 16.0 Å². The minimum atomic E-state index is -0.582. The highest BCUT2D eigenvalue weighted by Gasteiger charge is 2.39. The molecule has 7 nitrogen and oxygen atoms in total. The molecule has 3 aliphatic heterocycles. The molecule has 2 unspecified atom stereocenters. The molecule has 1 fully saturated rings. The number of nitrogens with zero attached hydrogens (tertiary/aromatic N) is 1. The number of fused-ring (bicyclic) bond motifs is 2. The first kappa shape index (κ1) is 19.9. The molecule has 0 bridgehead atoms. The summed E-state index contributed by atoms with van der Waals surface area (Å²) < 4.78 is 0. The summed E-state index contributed by atoms with van der Waals surface area (Å²) in [4.78, 5) is 38.3. The van der Waals surface area contributed by atoms with Gasteiger partial charge in [0, 0.05) is 37.7 Å². The highest BCUT2D eigenvalue weighted by molar-refractivity contribution is 6.05. The summed E-state index contributed by atoms with van der Waals surface area (Å²) >= 11 is 0.